The number of carbonyl (C=O) groups is 1. The Bertz CT molecular complexity index is 174. The van der Waals surface area contributed by atoms with E-state index in [1.165, 1.54) is 0 Å². The van der Waals surface area contributed by atoms with Crippen LogP contribution in [0.1, 0.15) is 0 Å². The molecular formula is C4H2F4O2. The monoisotopic (exact) mass is 158 g/mol. The summed E-state index contributed by atoms with van der Waals surface area (Å²) in [7, 11) is 0. The van der Waals surface area contributed by atoms with Crippen molar-refractivity contribution in [3.8, 4) is 0 Å². The van der Waals surface area contributed by atoms with Gasteiger partial charge < -0.3 is 5.11 Å². The van der Waals surface area contributed by atoms with E-state index in [0.717, 1.165) is 0 Å². The lowest BCUT2D eigenvalue weighted by atomic mass is 10.4. The van der Waals surface area contributed by atoms with Gasteiger partial charge in [0.05, 0.1) is 0 Å². The summed E-state index contributed by atoms with van der Waals surface area (Å²) < 4.78 is 45.3. The molecule has 0 amide bonds. The van der Waals surface area contributed by atoms with E-state index in [2.05, 4.69) is 0 Å². The maximum atomic E-state index is 11.6. The quantitative estimate of drug-likeness (QED) is 0.488. The molecule has 0 spiro atoms. The highest BCUT2D eigenvalue weighted by Gasteiger charge is 2.21. The summed E-state index contributed by atoms with van der Waals surface area (Å²) in [6.07, 6.45) is -3.71. The van der Waals surface area contributed by atoms with Crippen molar-refractivity contribution < 1.29 is 27.5 Å². The fourth-order valence-corrected chi connectivity index (χ4v) is 0.198. The van der Waals surface area contributed by atoms with Gasteiger partial charge in [0.25, 0.3) is 6.43 Å². The zero-order chi connectivity index (χ0) is 8.31. The molecule has 0 saturated heterocycles. The molecule has 0 aromatic carbocycles. The van der Waals surface area contributed by atoms with Gasteiger partial charge in [-0.15, -0.1) is 0 Å². The topological polar surface area (TPSA) is 37.3 Å². The van der Waals surface area contributed by atoms with Crippen molar-refractivity contribution >= 4 is 5.97 Å². The third-order valence-corrected chi connectivity index (χ3v) is 0.589. The first-order chi connectivity index (χ1) is 4.46. The largest absolute Gasteiger partial charge is 0.476 e. The van der Waals surface area contributed by atoms with E-state index in [0.29, 0.717) is 0 Å². The molecule has 0 aliphatic heterocycles. The number of aliphatic carboxylic acids is 1. The molecule has 0 atom stereocenters. The van der Waals surface area contributed by atoms with Crippen LogP contribution in [0.5, 0.6) is 0 Å². The second kappa shape index (κ2) is 3.19. The molecule has 0 unspecified atom stereocenters. The summed E-state index contributed by atoms with van der Waals surface area (Å²) in [4.78, 5) is 9.44. The van der Waals surface area contributed by atoms with Crippen LogP contribution in [-0.2, 0) is 4.79 Å². The molecule has 0 fully saturated rings. The van der Waals surface area contributed by atoms with Crippen molar-refractivity contribution in [1.82, 2.24) is 0 Å². The highest BCUT2D eigenvalue weighted by Crippen LogP contribution is 2.15. The molecule has 1 N–H and O–H groups in total. The lowest BCUT2D eigenvalue weighted by Gasteiger charge is -1.92. The van der Waals surface area contributed by atoms with Crippen molar-refractivity contribution in [2.75, 3.05) is 0 Å². The predicted octanol–water partition coefficient (Wildman–Crippen LogP) is 1.49. The summed E-state index contributed by atoms with van der Waals surface area (Å²) in [6.45, 7) is 0. The third kappa shape index (κ3) is 2.04. The predicted molar refractivity (Wildman–Crippen MR) is 22.9 cm³/mol. The number of carboxylic acids is 1. The van der Waals surface area contributed by atoms with Gasteiger partial charge in [-0.3, -0.25) is 0 Å². The van der Waals surface area contributed by atoms with Crippen LogP contribution in [0.25, 0.3) is 0 Å². The number of hydrogen-bond donors (Lipinski definition) is 1. The molecule has 0 rings (SSSR count). The van der Waals surface area contributed by atoms with E-state index in [1.807, 2.05) is 0 Å². The van der Waals surface area contributed by atoms with Gasteiger partial charge in [-0.2, -0.15) is 4.39 Å². The number of alkyl halides is 2. The molecule has 0 radical (unpaired) electrons. The number of hydrogen-bond acceptors (Lipinski definition) is 1. The number of rotatable bonds is 2. The summed E-state index contributed by atoms with van der Waals surface area (Å²) in [6, 6.07) is 0. The summed E-state index contributed by atoms with van der Waals surface area (Å²) >= 11 is 0. The number of allylic oxidation sites excluding steroid dienone is 1. The molecule has 0 heterocycles. The molecule has 10 heavy (non-hydrogen) atoms. The Morgan fingerprint density at radius 3 is 1.80 bits per heavy atom. The summed E-state index contributed by atoms with van der Waals surface area (Å²) in [5, 5.41) is 7.60. The van der Waals surface area contributed by atoms with Crippen molar-refractivity contribution in [2.45, 2.75) is 6.43 Å². The second-order valence-electron chi connectivity index (χ2n) is 1.27. The van der Waals surface area contributed by atoms with Gasteiger partial charge in [0.2, 0.25) is 11.7 Å². The SMILES string of the molecule is O=C(O)/C(F)=C(\F)C(F)F. The Kier molecular flexibility index (Phi) is 2.85. The summed E-state index contributed by atoms with van der Waals surface area (Å²) in [5.74, 6) is -7.33. The Labute approximate surface area is 52.8 Å². The lowest BCUT2D eigenvalue weighted by Crippen LogP contribution is -2.02. The van der Waals surface area contributed by atoms with Crippen molar-refractivity contribution in [2.24, 2.45) is 0 Å². The first-order valence-corrected chi connectivity index (χ1v) is 2.03. The molecule has 0 aliphatic rings. The van der Waals surface area contributed by atoms with Gasteiger partial charge in [0.1, 0.15) is 0 Å². The third-order valence-electron chi connectivity index (χ3n) is 0.589. The van der Waals surface area contributed by atoms with E-state index in [4.69, 9.17) is 5.11 Å². The van der Waals surface area contributed by atoms with E-state index >= 15 is 0 Å². The first kappa shape index (κ1) is 8.93. The average molecular weight is 158 g/mol. The number of carboxylic acid groups (broad SMARTS) is 1. The molecular weight excluding hydrogens is 156 g/mol. The van der Waals surface area contributed by atoms with Crippen molar-refractivity contribution in [1.29, 1.82) is 0 Å². The van der Waals surface area contributed by atoms with Crippen LogP contribution >= 0.6 is 0 Å². The molecule has 0 aromatic rings. The Morgan fingerprint density at radius 2 is 1.70 bits per heavy atom. The normalized spacial score (nSPS) is 13.3. The Morgan fingerprint density at radius 1 is 1.30 bits per heavy atom. The van der Waals surface area contributed by atoms with E-state index < -0.39 is 24.0 Å². The maximum Gasteiger partial charge on any atom is 0.367 e. The minimum absolute atomic E-state index is 2.34. The van der Waals surface area contributed by atoms with Crippen LogP contribution < -0.4 is 0 Å². The minimum atomic E-state index is -3.71. The average Bonchev–Trinajstić information content (AvgIpc) is 1.84. The van der Waals surface area contributed by atoms with Gasteiger partial charge in [-0.25, -0.2) is 18.0 Å². The zero-order valence-electron chi connectivity index (χ0n) is 4.44. The van der Waals surface area contributed by atoms with Crippen LogP contribution in [0.2, 0.25) is 0 Å². The van der Waals surface area contributed by atoms with Crippen LogP contribution in [0.15, 0.2) is 11.7 Å². The molecule has 6 heteroatoms. The fraction of sp³-hybridized carbons (Fsp3) is 0.250. The standard InChI is InChI=1S/C4H2F4O2/c5-1(3(7)8)2(6)4(9)10/h3H,(H,9,10)/b2-1+. The molecule has 0 bridgehead atoms. The smallest absolute Gasteiger partial charge is 0.367 e. The second-order valence-corrected chi connectivity index (χ2v) is 1.27. The van der Waals surface area contributed by atoms with Crippen molar-refractivity contribution in [3.05, 3.63) is 11.7 Å². The molecule has 0 aliphatic carbocycles. The van der Waals surface area contributed by atoms with Crippen LogP contribution in [0.4, 0.5) is 17.6 Å². The van der Waals surface area contributed by atoms with Gasteiger partial charge in [0.15, 0.2) is 0 Å². The fourth-order valence-electron chi connectivity index (χ4n) is 0.198. The Balaban J connectivity index is 4.50. The van der Waals surface area contributed by atoms with Gasteiger partial charge in [-0.05, 0) is 0 Å². The highest BCUT2D eigenvalue weighted by atomic mass is 19.3. The maximum absolute atomic E-state index is 11.6. The van der Waals surface area contributed by atoms with Crippen LogP contribution in [0.3, 0.4) is 0 Å². The van der Waals surface area contributed by atoms with E-state index in [9.17, 15) is 22.4 Å². The minimum Gasteiger partial charge on any atom is -0.476 e. The van der Waals surface area contributed by atoms with Gasteiger partial charge in [-0.1, -0.05) is 0 Å². The van der Waals surface area contributed by atoms with Crippen molar-refractivity contribution in [3.63, 3.8) is 0 Å². The van der Waals surface area contributed by atoms with Crippen LogP contribution in [0, 0.1) is 0 Å². The van der Waals surface area contributed by atoms with Gasteiger partial charge >= 0.3 is 5.97 Å². The van der Waals surface area contributed by atoms with E-state index in [1.54, 1.807) is 0 Å². The molecule has 0 aromatic heterocycles. The number of halogens is 4. The van der Waals surface area contributed by atoms with Crippen LogP contribution in [-0.4, -0.2) is 17.5 Å². The van der Waals surface area contributed by atoms with E-state index in [-0.39, 0.29) is 0 Å². The summed E-state index contributed by atoms with van der Waals surface area (Å²) in [5.41, 5.74) is 0. The zero-order valence-corrected chi connectivity index (χ0v) is 4.44. The lowest BCUT2D eigenvalue weighted by molar-refractivity contribution is -0.134. The Hall–Kier alpha value is -1.07. The van der Waals surface area contributed by atoms with Gasteiger partial charge in [0, 0.05) is 0 Å². The molecule has 58 valence electrons. The first-order valence-electron chi connectivity index (χ1n) is 2.03. The highest BCUT2D eigenvalue weighted by molar-refractivity contribution is 5.84. The molecule has 2 nitrogen and oxygen atoms in total. The molecule has 0 saturated carbocycles.